The van der Waals surface area contributed by atoms with E-state index in [9.17, 15) is 4.79 Å². The highest BCUT2D eigenvalue weighted by atomic mass is 32.1. The van der Waals surface area contributed by atoms with Crippen molar-refractivity contribution in [3.8, 4) is 0 Å². The molecule has 2 heterocycles. The van der Waals surface area contributed by atoms with Gasteiger partial charge in [0.15, 0.2) is 0 Å². The third-order valence-electron chi connectivity index (χ3n) is 3.82. The third-order valence-corrected chi connectivity index (χ3v) is 4.85. The number of carbonyl (C=O) groups excluding carboxylic acids is 1. The van der Waals surface area contributed by atoms with E-state index in [-0.39, 0.29) is 12.1 Å². The van der Waals surface area contributed by atoms with E-state index in [0.717, 1.165) is 41.1 Å². The molecule has 130 valence electrons. The highest BCUT2D eigenvalue weighted by Gasteiger charge is 2.14. The van der Waals surface area contributed by atoms with Crippen LogP contribution in [0.5, 0.6) is 0 Å². The number of para-hydroxylation sites is 1. The zero-order chi connectivity index (χ0) is 16.6. The number of hydrogen-bond donors (Lipinski definition) is 2. The van der Waals surface area contributed by atoms with Crippen LogP contribution in [-0.4, -0.2) is 43.5 Å². The van der Waals surface area contributed by atoms with Crippen LogP contribution in [0.4, 0.5) is 4.79 Å². The molecule has 24 heavy (non-hydrogen) atoms. The summed E-state index contributed by atoms with van der Waals surface area (Å²) in [6, 6.07) is 7.80. The summed E-state index contributed by atoms with van der Waals surface area (Å²) in [7, 11) is 0. The van der Waals surface area contributed by atoms with Gasteiger partial charge < -0.3 is 20.1 Å². The molecule has 0 spiro atoms. The first-order chi connectivity index (χ1) is 11.8. The van der Waals surface area contributed by atoms with Crippen molar-refractivity contribution >= 4 is 27.6 Å². The smallest absolute Gasteiger partial charge is 0.315 e. The van der Waals surface area contributed by atoms with Crippen molar-refractivity contribution < 1.29 is 14.3 Å². The van der Waals surface area contributed by atoms with Gasteiger partial charge in [0.2, 0.25) is 0 Å². The van der Waals surface area contributed by atoms with Crippen LogP contribution >= 0.6 is 11.3 Å². The number of amides is 2. The zero-order valence-corrected chi connectivity index (χ0v) is 14.4. The number of rotatable bonds is 8. The fraction of sp³-hybridized carbons (Fsp3) is 0.529. The Morgan fingerprint density at radius 3 is 3.12 bits per heavy atom. The molecule has 2 N–H and O–H groups in total. The summed E-state index contributed by atoms with van der Waals surface area (Å²) in [5.41, 5.74) is 0.975. The molecule has 1 saturated heterocycles. The van der Waals surface area contributed by atoms with Gasteiger partial charge in [0, 0.05) is 19.8 Å². The van der Waals surface area contributed by atoms with E-state index in [4.69, 9.17) is 9.47 Å². The lowest BCUT2D eigenvalue weighted by atomic mass is 10.2. The molecule has 1 aromatic carbocycles. The molecule has 7 heteroatoms. The number of carbonyl (C=O) groups is 1. The summed E-state index contributed by atoms with van der Waals surface area (Å²) in [6.07, 6.45) is 3.27. The molecule has 6 nitrogen and oxygen atoms in total. The van der Waals surface area contributed by atoms with E-state index in [2.05, 4.69) is 15.6 Å². The van der Waals surface area contributed by atoms with Crippen LogP contribution in [0.25, 0.3) is 10.2 Å². The number of nitrogens with zero attached hydrogens (tertiary/aromatic N) is 1. The topological polar surface area (TPSA) is 72.5 Å². The number of fused-ring (bicyclic) bond motifs is 1. The van der Waals surface area contributed by atoms with Crippen molar-refractivity contribution in [1.82, 2.24) is 15.6 Å². The molecular formula is C17H23N3O3S. The maximum Gasteiger partial charge on any atom is 0.315 e. The number of nitrogens with one attached hydrogen (secondary N) is 2. The molecule has 0 bridgehead atoms. The van der Waals surface area contributed by atoms with Crippen molar-refractivity contribution in [2.45, 2.75) is 31.9 Å². The fourth-order valence-corrected chi connectivity index (χ4v) is 3.49. The minimum absolute atomic E-state index is 0.173. The van der Waals surface area contributed by atoms with Crippen LogP contribution in [0.3, 0.4) is 0 Å². The standard InChI is InChI=1S/C17H23N3O3S/c21-17(18-8-4-9-22-12-13-5-3-10-23-13)19-11-16-20-14-6-1-2-7-15(14)24-16/h1-2,6-7,13H,3-5,8-12H2,(H2,18,19,21). The zero-order valence-electron chi connectivity index (χ0n) is 13.6. The summed E-state index contributed by atoms with van der Waals surface area (Å²) >= 11 is 1.60. The van der Waals surface area contributed by atoms with Crippen LogP contribution < -0.4 is 10.6 Å². The van der Waals surface area contributed by atoms with Crippen LogP contribution in [0, 0.1) is 0 Å². The second kappa shape index (κ2) is 8.96. The highest BCUT2D eigenvalue weighted by molar-refractivity contribution is 7.18. The van der Waals surface area contributed by atoms with Gasteiger partial charge in [0.1, 0.15) is 5.01 Å². The lowest BCUT2D eigenvalue weighted by Gasteiger charge is -2.10. The normalized spacial score (nSPS) is 17.2. The molecule has 2 amide bonds. The second-order valence-corrected chi connectivity index (χ2v) is 6.86. The van der Waals surface area contributed by atoms with Crippen LogP contribution in [0.2, 0.25) is 0 Å². The van der Waals surface area contributed by atoms with E-state index >= 15 is 0 Å². The van der Waals surface area contributed by atoms with Gasteiger partial charge in [-0.3, -0.25) is 0 Å². The van der Waals surface area contributed by atoms with E-state index < -0.39 is 0 Å². The van der Waals surface area contributed by atoms with Crippen LogP contribution in [-0.2, 0) is 16.0 Å². The number of urea groups is 1. The molecule has 2 aromatic rings. The second-order valence-electron chi connectivity index (χ2n) is 5.75. The first kappa shape index (κ1) is 17.1. The number of thiazole rings is 1. The fourth-order valence-electron chi connectivity index (χ4n) is 2.58. The van der Waals surface area contributed by atoms with Gasteiger partial charge in [0.25, 0.3) is 0 Å². The third kappa shape index (κ3) is 5.15. The van der Waals surface area contributed by atoms with Crippen LogP contribution in [0.15, 0.2) is 24.3 Å². The molecule has 1 aromatic heterocycles. The Balaban J connectivity index is 1.25. The van der Waals surface area contributed by atoms with Crippen molar-refractivity contribution in [1.29, 1.82) is 0 Å². The maximum atomic E-state index is 11.8. The number of ether oxygens (including phenoxy) is 2. The van der Waals surface area contributed by atoms with Gasteiger partial charge in [-0.25, -0.2) is 9.78 Å². The largest absolute Gasteiger partial charge is 0.379 e. The molecule has 3 rings (SSSR count). The first-order valence-electron chi connectivity index (χ1n) is 8.37. The molecule has 1 fully saturated rings. The average molecular weight is 349 g/mol. The Morgan fingerprint density at radius 2 is 2.29 bits per heavy atom. The Labute approximate surface area is 145 Å². The van der Waals surface area contributed by atoms with Gasteiger partial charge in [-0.1, -0.05) is 12.1 Å². The Hall–Kier alpha value is -1.70. The quantitative estimate of drug-likeness (QED) is 0.719. The van der Waals surface area contributed by atoms with E-state index in [0.29, 0.717) is 26.3 Å². The van der Waals surface area contributed by atoms with Crippen molar-refractivity contribution in [3.63, 3.8) is 0 Å². The summed E-state index contributed by atoms with van der Waals surface area (Å²) in [4.78, 5) is 16.3. The predicted molar refractivity (Wildman–Crippen MR) is 94.3 cm³/mol. The van der Waals surface area contributed by atoms with E-state index in [1.165, 1.54) is 0 Å². The summed E-state index contributed by atoms with van der Waals surface area (Å²) in [5.74, 6) is 0. The molecule has 0 aliphatic carbocycles. The number of hydrogen-bond acceptors (Lipinski definition) is 5. The molecule has 0 saturated carbocycles. The molecule has 1 aliphatic heterocycles. The van der Waals surface area contributed by atoms with Gasteiger partial charge in [0.05, 0.1) is 29.5 Å². The summed E-state index contributed by atoms with van der Waals surface area (Å²) in [5, 5.41) is 6.57. The predicted octanol–water partition coefficient (Wildman–Crippen LogP) is 2.68. The van der Waals surface area contributed by atoms with Crippen LogP contribution in [0.1, 0.15) is 24.3 Å². The van der Waals surface area contributed by atoms with Crippen molar-refractivity contribution in [2.24, 2.45) is 0 Å². The highest BCUT2D eigenvalue weighted by Crippen LogP contribution is 2.21. The minimum atomic E-state index is -0.173. The first-order valence-corrected chi connectivity index (χ1v) is 9.18. The maximum absolute atomic E-state index is 11.8. The Bertz CT molecular complexity index is 622. The minimum Gasteiger partial charge on any atom is -0.379 e. The molecule has 1 atom stereocenters. The van der Waals surface area contributed by atoms with Gasteiger partial charge >= 0.3 is 6.03 Å². The lowest BCUT2D eigenvalue weighted by molar-refractivity contribution is 0.0168. The van der Waals surface area contributed by atoms with Gasteiger partial charge in [-0.15, -0.1) is 11.3 Å². The summed E-state index contributed by atoms with van der Waals surface area (Å²) < 4.78 is 12.2. The average Bonchev–Trinajstić information content (AvgIpc) is 3.25. The monoisotopic (exact) mass is 349 g/mol. The van der Waals surface area contributed by atoms with E-state index in [1.54, 1.807) is 11.3 Å². The Morgan fingerprint density at radius 1 is 1.38 bits per heavy atom. The molecule has 0 radical (unpaired) electrons. The van der Waals surface area contributed by atoms with Gasteiger partial charge in [-0.05, 0) is 31.4 Å². The molecule has 1 unspecified atom stereocenters. The number of benzene rings is 1. The number of aromatic nitrogens is 1. The van der Waals surface area contributed by atoms with E-state index in [1.807, 2.05) is 24.3 Å². The SMILES string of the molecule is O=C(NCCCOCC1CCCO1)NCc1nc2ccccc2s1. The summed E-state index contributed by atoms with van der Waals surface area (Å²) in [6.45, 7) is 3.18. The lowest BCUT2D eigenvalue weighted by Crippen LogP contribution is -2.35. The van der Waals surface area contributed by atoms with Gasteiger partial charge in [-0.2, -0.15) is 0 Å². The Kier molecular flexibility index (Phi) is 6.40. The van der Waals surface area contributed by atoms with Crippen molar-refractivity contribution in [2.75, 3.05) is 26.4 Å². The van der Waals surface area contributed by atoms with Crippen molar-refractivity contribution in [3.05, 3.63) is 29.3 Å². The molecule has 1 aliphatic rings. The molecular weight excluding hydrogens is 326 g/mol.